The van der Waals surface area contributed by atoms with Gasteiger partial charge in [0.15, 0.2) is 11.5 Å². The maximum absolute atomic E-state index is 6.63. The third-order valence-electron chi connectivity index (χ3n) is 7.28. The number of nitrogens with zero attached hydrogens (tertiary/aromatic N) is 4. The minimum atomic E-state index is 0.158. The maximum atomic E-state index is 6.63. The molecule has 0 radical (unpaired) electrons. The van der Waals surface area contributed by atoms with E-state index < -0.39 is 0 Å². The lowest BCUT2D eigenvalue weighted by atomic mass is 9.92. The molecule has 1 fully saturated rings. The number of halogens is 1. The van der Waals surface area contributed by atoms with Gasteiger partial charge in [-0.15, -0.1) is 0 Å². The Bertz CT molecular complexity index is 1380. The Balaban J connectivity index is 1.84. The minimum Gasteiger partial charge on any atom is -0.493 e. The van der Waals surface area contributed by atoms with Gasteiger partial charge in [0, 0.05) is 54.4 Å². The lowest BCUT2D eigenvalue weighted by molar-refractivity contribution is 0.166. The third kappa shape index (κ3) is 4.79. The molecular weight excluding hydrogens is 486 g/mol. The third-order valence-corrected chi connectivity index (χ3v) is 7.69. The van der Waals surface area contributed by atoms with Crippen molar-refractivity contribution in [2.75, 3.05) is 40.4 Å². The summed E-state index contributed by atoms with van der Waals surface area (Å²) >= 11 is 6.63. The van der Waals surface area contributed by atoms with Gasteiger partial charge in [0.25, 0.3) is 0 Å². The number of ether oxygens (including phenoxy) is 2. The molecule has 3 heterocycles. The van der Waals surface area contributed by atoms with Gasteiger partial charge in [-0.3, -0.25) is 14.6 Å². The van der Waals surface area contributed by atoms with Crippen molar-refractivity contribution in [3.8, 4) is 22.6 Å². The van der Waals surface area contributed by atoms with E-state index in [-0.39, 0.29) is 6.04 Å². The molecule has 2 aromatic heterocycles. The van der Waals surface area contributed by atoms with Crippen LogP contribution in [0.2, 0.25) is 5.02 Å². The molecule has 4 aromatic rings. The maximum Gasteiger partial charge on any atom is 0.169 e. The van der Waals surface area contributed by atoms with Crippen LogP contribution in [0.5, 0.6) is 11.5 Å². The SMILES string of the molecule is CCC(c1nn(Cc2ccccn2)c2cc(OC)c(OC)c(-c3cccc(Cl)c3C)c12)N1CCNCC1. The second-order valence-electron chi connectivity index (χ2n) is 9.37. The molecule has 0 saturated carbocycles. The van der Waals surface area contributed by atoms with Gasteiger partial charge in [0.1, 0.15) is 0 Å². The predicted molar refractivity (Wildman–Crippen MR) is 149 cm³/mol. The van der Waals surface area contributed by atoms with Crippen molar-refractivity contribution in [2.24, 2.45) is 0 Å². The van der Waals surface area contributed by atoms with Crippen LogP contribution in [-0.2, 0) is 6.54 Å². The lowest BCUT2D eigenvalue weighted by Gasteiger charge is -2.34. The second kappa shape index (κ2) is 11.1. The monoisotopic (exact) mass is 519 g/mol. The van der Waals surface area contributed by atoms with Gasteiger partial charge in [-0.2, -0.15) is 5.10 Å². The van der Waals surface area contributed by atoms with Crippen LogP contribution in [0.1, 0.15) is 36.3 Å². The summed E-state index contributed by atoms with van der Waals surface area (Å²) in [5, 5.41) is 10.6. The molecule has 1 saturated heterocycles. The molecule has 7 nitrogen and oxygen atoms in total. The summed E-state index contributed by atoms with van der Waals surface area (Å²) in [6.45, 7) is 8.74. The molecule has 2 aromatic carbocycles. The van der Waals surface area contributed by atoms with Crippen LogP contribution in [0, 0.1) is 6.92 Å². The molecule has 1 aliphatic heterocycles. The number of hydrogen-bond acceptors (Lipinski definition) is 6. The Morgan fingerprint density at radius 1 is 1.08 bits per heavy atom. The summed E-state index contributed by atoms with van der Waals surface area (Å²) < 4.78 is 13.9. The summed E-state index contributed by atoms with van der Waals surface area (Å²) in [7, 11) is 3.37. The fourth-order valence-corrected chi connectivity index (χ4v) is 5.60. The van der Waals surface area contributed by atoms with Gasteiger partial charge >= 0.3 is 0 Å². The molecule has 194 valence electrons. The van der Waals surface area contributed by atoms with E-state index in [1.54, 1.807) is 14.2 Å². The van der Waals surface area contributed by atoms with Crippen LogP contribution in [-0.4, -0.2) is 60.1 Å². The molecule has 0 bridgehead atoms. The number of methoxy groups -OCH3 is 2. The first-order valence-electron chi connectivity index (χ1n) is 12.8. The number of piperazine rings is 1. The molecule has 0 amide bonds. The summed E-state index contributed by atoms with van der Waals surface area (Å²) in [4.78, 5) is 7.11. The zero-order chi connectivity index (χ0) is 25.9. The predicted octanol–water partition coefficient (Wildman–Crippen LogP) is 5.48. The van der Waals surface area contributed by atoms with Gasteiger partial charge in [0.05, 0.1) is 43.7 Å². The molecule has 1 N–H and O–H groups in total. The highest BCUT2D eigenvalue weighted by Gasteiger charge is 2.31. The van der Waals surface area contributed by atoms with Gasteiger partial charge in [-0.1, -0.05) is 36.7 Å². The minimum absolute atomic E-state index is 0.158. The second-order valence-corrected chi connectivity index (χ2v) is 9.77. The molecule has 0 spiro atoms. The van der Waals surface area contributed by atoms with Gasteiger partial charge in [-0.05, 0) is 42.7 Å². The number of benzene rings is 2. The van der Waals surface area contributed by atoms with Gasteiger partial charge in [0.2, 0.25) is 0 Å². The highest BCUT2D eigenvalue weighted by atomic mass is 35.5. The van der Waals surface area contributed by atoms with Crippen molar-refractivity contribution < 1.29 is 9.47 Å². The molecule has 1 unspecified atom stereocenters. The lowest BCUT2D eigenvalue weighted by Crippen LogP contribution is -2.45. The largest absolute Gasteiger partial charge is 0.493 e. The van der Waals surface area contributed by atoms with Crippen LogP contribution >= 0.6 is 11.6 Å². The summed E-state index contributed by atoms with van der Waals surface area (Å²) in [6.07, 6.45) is 2.76. The van der Waals surface area contributed by atoms with Crippen LogP contribution in [0.15, 0.2) is 48.7 Å². The van der Waals surface area contributed by atoms with Crippen LogP contribution < -0.4 is 14.8 Å². The Morgan fingerprint density at radius 3 is 2.57 bits per heavy atom. The highest BCUT2D eigenvalue weighted by molar-refractivity contribution is 6.31. The first-order valence-corrected chi connectivity index (χ1v) is 13.2. The zero-order valence-electron chi connectivity index (χ0n) is 21.9. The van der Waals surface area contributed by atoms with E-state index in [4.69, 9.17) is 26.2 Å². The van der Waals surface area contributed by atoms with Crippen molar-refractivity contribution in [2.45, 2.75) is 32.9 Å². The van der Waals surface area contributed by atoms with Crippen molar-refractivity contribution >= 4 is 22.5 Å². The molecule has 1 atom stereocenters. The fourth-order valence-electron chi connectivity index (χ4n) is 5.43. The van der Waals surface area contributed by atoms with Gasteiger partial charge < -0.3 is 14.8 Å². The van der Waals surface area contributed by atoms with Crippen LogP contribution in [0.25, 0.3) is 22.0 Å². The quantitative estimate of drug-likeness (QED) is 0.332. The first kappa shape index (κ1) is 25.5. The van der Waals surface area contributed by atoms with E-state index >= 15 is 0 Å². The normalized spacial score (nSPS) is 15.2. The molecule has 0 aliphatic carbocycles. The zero-order valence-corrected chi connectivity index (χ0v) is 22.7. The molecular formula is C29H34ClN5O2. The number of rotatable bonds is 8. The summed E-state index contributed by atoms with van der Waals surface area (Å²) in [6, 6.07) is 14.2. The fraction of sp³-hybridized carbons (Fsp3) is 0.379. The standard InChI is InChI=1S/C29H34ClN5O2/c1-5-23(34-15-13-31-14-16-34)28-27-24(35(33-28)18-20-9-6-7-12-32-20)17-25(36-3)29(37-4)26(27)21-10-8-11-22(30)19(21)2/h6-12,17,23,31H,5,13-16,18H2,1-4H3. The molecule has 37 heavy (non-hydrogen) atoms. The Hall–Kier alpha value is -3.13. The number of pyridine rings is 1. The van der Waals surface area contributed by atoms with E-state index in [1.165, 1.54) is 0 Å². The van der Waals surface area contributed by atoms with Crippen LogP contribution in [0.3, 0.4) is 0 Å². The Kier molecular flexibility index (Phi) is 7.65. The van der Waals surface area contributed by atoms with Gasteiger partial charge in [-0.25, -0.2) is 0 Å². The Labute approximate surface area is 223 Å². The average Bonchev–Trinajstić information content (AvgIpc) is 3.28. The Morgan fingerprint density at radius 2 is 1.89 bits per heavy atom. The highest BCUT2D eigenvalue weighted by Crippen LogP contribution is 2.48. The number of hydrogen-bond donors (Lipinski definition) is 1. The smallest absolute Gasteiger partial charge is 0.169 e. The molecule has 8 heteroatoms. The van der Waals surface area contributed by atoms with Crippen molar-refractivity contribution in [3.63, 3.8) is 0 Å². The first-order chi connectivity index (χ1) is 18.1. The van der Waals surface area contributed by atoms with Crippen molar-refractivity contribution in [1.29, 1.82) is 0 Å². The average molecular weight is 520 g/mol. The van der Waals surface area contributed by atoms with E-state index in [0.717, 1.165) is 71.6 Å². The number of aromatic nitrogens is 3. The molecule has 5 rings (SSSR count). The van der Waals surface area contributed by atoms with E-state index in [1.807, 2.05) is 49.5 Å². The summed E-state index contributed by atoms with van der Waals surface area (Å²) in [5.41, 5.74) is 5.96. The van der Waals surface area contributed by atoms with E-state index in [0.29, 0.717) is 23.1 Å². The summed E-state index contributed by atoms with van der Waals surface area (Å²) in [5.74, 6) is 1.35. The number of nitrogens with one attached hydrogen (secondary N) is 1. The number of fused-ring (bicyclic) bond motifs is 1. The van der Waals surface area contributed by atoms with E-state index in [2.05, 4.69) is 32.9 Å². The topological polar surface area (TPSA) is 64.4 Å². The molecule has 1 aliphatic rings. The van der Waals surface area contributed by atoms with Crippen LogP contribution in [0.4, 0.5) is 0 Å². The van der Waals surface area contributed by atoms with Crippen molar-refractivity contribution in [3.05, 3.63) is 70.6 Å². The van der Waals surface area contributed by atoms with Crippen molar-refractivity contribution in [1.82, 2.24) is 25.0 Å². The van der Waals surface area contributed by atoms with E-state index in [9.17, 15) is 0 Å².